The van der Waals surface area contributed by atoms with E-state index in [1.807, 2.05) is 0 Å². The van der Waals surface area contributed by atoms with Crippen molar-refractivity contribution in [2.75, 3.05) is 0 Å². The molecule has 0 unspecified atom stereocenters. The lowest BCUT2D eigenvalue weighted by atomic mass is 10.3. The number of pyridine rings is 1. The van der Waals surface area contributed by atoms with Crippen LogP contribution in [0.3, 0.4) is 0 Å². The molecule has 3 nitrogen and oxygen atoms in total. The summed E-state index contributed by atoms with van der Waals surface area (Å²) < 4.78 is 36.7. The fourth-order valence-electron chi connectivity index (χ4n) is 0.979. The van der Waals surface area contributed by atoms with Crippen molar-refractivity contribution >= 4 is 16.9 Å². The molecule has 0 fully saturated rings. The minimum Gasteiger partial charge on any atom is -0.512 e. The number of carbonyl (C=O) groups is 1. The van der Waals surface area contributed by atoms with Crippen LogP contribution in [0, 0.1) is 0 Å². The molecule has 1 heterocycles. The van der Waals surface area contributed by atoms with Crippen molar-refractivity contribution in [3.8, 4) is 0 Å². The van der Waals surface area contributed by atoms with Crippen LogP contribution in [0.25, 0.3) is 0 Å². The number of carbonyl (C=O) groups excluding carboxylic acids is 1. The van der Waals surface area contributed by atoms with Crippen LogP contribution < -0.4 is 0 Å². The zero-order chi connectivity index (χ0) is 13.8. The lowest BCUT2D eigenvalue weighted by molar-refractivity contribution is -0.137. The molecule has 1 aromatic rings. The molecule has 0 atom stereocenters. The second kappa shape index (κ2) is 5.90. The zero-order valence-electron chi connectivity index (χ0n) is 9.36. The third-order valence-corrected chi connectivity index (χ3v) is 2.69. The number of aliphatic hydroxyl groups is 1. The van der Waals surface area contributed by atoms with E-state index in [1.165, 1.54) is 0 Å². The van der Waals surface area contributed by atoms with Gasteiger partial charge >= 0.3 is 6.18 Å². The van der Waals surface area contributed by atoms with Crippen LogP contribution in [0.4, 0.5) is 13.2 Å². The highest BCUT2D eigenvalue weighted by atomic mass is 32.2. The molecule has 0 aromatic carbocycles. The summed E-state index contributed by atoms with van der Waals surface area (Å²) in [6, 6.07) is 1.97. The highest BCUT2D eigenvalue weighted by Gasteiger charge is 2.30. The summed E-state index contributed by atoms with van der Waals surface area (Å²) >= 11 is 0.653. The van der Waals surface area contributed by atoms with E-state index in [2.05, 4.69) is 4.98 Å². The number of hydrogen-bond donors (Lipinski definition) is 1. The van der Waals surface area contributed by atoms with Gasteiger partial charge in [0.2, 0.25) is 5.12 Å². The van der Waals surface area contributed by atoms with Gasteiger partial charge in [0.05, 0.1) is 11.3 Å². The number of halogens is 3. The first-order valence-corrected chi connectivity index (χ1v) is 5.79. The summed E-state index contributed by atoms with van der Waals surface area (Å²) in [6.45, 7) is 1.67. The second-order valence-electron chi connectivity index (χ2n) is 3.29. The normalized spacial score (nSPS) is 12.6. The summed E-state index contributed by atoms with van der Waals surface area (Å²) in [5, 5.41) is 8.78. The monoisotopic (exact) mass is 277 g/mol. The lowest BCUT2D eigenvalue weighted by Crippen LogP contribution is -2.05. The molecule has 0 bridgehead atoms. The van der Waals surface area contributed by atoms with Crippen molar-refractivity contribution in [3.63, 3.8) is 0 Å². The molecule has 0 saturated heterocycles. The van der Waals surface area contributed by atoms with Gasteiger partial charge in [0.1, 0.15) is 5.03 Å². The Hall–Kier alpha value is -1.50. The topological polar surface area (TPSA) is 50.2 Å². The van der Waals surface area contributed by atoms with Crippen molar-refractivity contribution in [2.24, 2.45) is 0 Å². The van der Waals surface area contributed by atoms with Gasteiger partial charge in [-0.3, -0.25) is 4.79 Å². The smallest absolute Gasteiger partial charge is 0.417 e. The molecule has 1 aromatic heterocycles. The van der Waals surface area contributed by atoms with Crippen LogP contribution in [0.15, 0.2) is 35.2 Å². The standard InChI is InChI=1S/C11H10F3NO2S/c1-2-8(16)5-10(17)18-9-4-3-7(6-15-9)11(12,13)14/h3-6,16H,2H2,1H3/b8-5+. The Kier molecular flexibility index (Phi) is 4.77. The molecule has 7 heteroatoms. The largest absolute Gasteiger partial charge is 0.512 e. The van der Waals surface area contributed by atoms with E-state index in [1.54, 1.807) is 6.92 Å². The van der Waals surface area contributed by atoms with E-state index in [-0.39, 0.29) is 10.8 Å². The van der Waals surface area contributed by atoms with Crippen molar-refractivity contribution in [3.05, 3.63) is 35.7 Å². The van der Waals surface area contributed by atoms with E-state index >= 15 is 0 Å². The number of hydrogen-bond acceptors (Lipinski definition) is 4. The molecule has 0 radical (unpaired) electrons. The molecule has 1 N–H and O–H groups in total. The van der Waals surface area contributed by atoms with E-state index < -0.39 is 16.9 Å². The summed E-state index contributed by atoms with van der Waals surface area (Å²) in [4.78, 5) is 14.9. The quantitative estimate of drug-likeness (QED) is 0.521. The van der Waals surface area contributed by atoms with Gasteiger partial charge in [-0.2, -0.15) is 13.2 Å². The first kappa shape index (κ1) is 14.6. The van der Waals surface area contributed by atoms with E-state index in [4.69, 9.17) is 5.11 Å². The lowest BCUT2D eigenvalue weighted by Gasteiger charge is -2.05. The van der Waals surface area contributed by atoms with Crippen LogP contribution in [-0.4, -0.2) is 15.2 Å². The number of aliphatic hydroxyl groups excluding tert-OH is 1. The van der Waals surface area contributed by atoms with Crippen molar-refractivity contribution < 1.29 is 23.1 Å². The van der Waals surface area contributed by atoms with Crippen LogP contribution >= 0.6 is 11.8 Å². The van der Waals surface area contributed by atoms with Crippen molar-refractivity contribution in [1.29, 1.82) is 0 Å². The molecule has 0 spiro atoms. The van der Waals surface area contributed by atoms with Gasteiger partial charge in [-0.05, 0) is 23.9 Å². The Morgan fingerprint density at radius 3 is 2.61 bits per heavy atom. The predicted octanol–water partition coefficient (Wildman–Crippen LogP) is 3.57. The van der Waals surface area contributed by atoms with Gasteiger partial charge in [-0.15, -0.1) is 0 Å². The maximum atomic E-state index is 12.2. The van der Waals surface area contributed by atoms with Crippen LogP contribution in [-0.2, 0) is 11.0 Å². The SMILES string of the molecule is CC/C(O)=C\C(=O)Sc1ccc(C(F)(F)F)cn1. The summed E-state index contributed by atoms with van der Waals surface area (Å²) in [6.07, 6.45) is -2.45. The molecule has 18 heavy (non-hydrogen) atoms. The third kappa shape index (κ3) is 4.40. The van der Waals surface area contributed by atoms with Crippen molar-refractivity contribution in [1.82, 2.24) is 4.98 Å². The Labute approximate surface area is 106 Å². The number of rotatable bonds is 3. The zero-order valence-corrected chi connectivity index (χ0v) is 10.2. The molecular formula is C11H10F3NO2S. The van der Waals surface area contributed by atoms with Crippen molar-refractivity contribution in [2.45, 2.75) is 24.5 Å². The second-order valence-corrected chi connectivity index (χ2v) is 4.32. The Morgan fingerprint density at radius 2 is 2.17 bits per heavy atom. The molecule has 0 aliphatic heterocycles. The summed E-state index contributed by atoms with van der Waals surface area (Å²) in [7, 11) is 0. The molecular weight excluding hydrogens is 267 g/mol. The third-order valence-electron chi connectivity index (χ3n) is 1.92. The van der Waals surface area contributed by atoms with Gasteiger partial charge in [-0.1, -0.05) is 6.92 Å². The molecule has 1 rings (SSSR count). The van der Waals surface area contributed by atoms with Gasteiger partial charge in [0, 0.05) is 18.7 Å². The predicted molar refractivity (Wildman–Crippen MR) is 61.1 cm³/mol. The van der Waals surface area contributed by atoms with Gasteiger partial charge < -0.3 is 5.11 Å². The maximum absolute atomic E-state index is 12.2. The first-order chi connectivity index (χ1) is 8.32. The number of nitrogens with zero attached hydrogens (tertiary/aromatic N) is 1. The van der Waals surface area contributed by atoms with Gasteiger partial charge in [-0.25, -0.2) is 4.98 Å². The number of aromatic nitrogens is 1. The highest BCUT2D eigenvalue weighted by Crippen LogP contribution is 2.29. The molecule has 0 saturated carbocycles. The van der Waals surface area contributed by atoms with E-state index in [9.17, 15) is 18.0 Å². The maximum Gasteiger partial charge on any atom is 0.417 e. The Bertz CT molecular complexity index is 454. The highest BCUT2D eigenvalue weighted by molar-refractivity contribution is 8.14. The Morgan fingerprint density at radius 1 is 1.50 bits per heavy atom. The Balaban J connectivity index is 2.73. The number of alkyl halides is 3. The van der Waals surface area contributed by atoms with Crippen LogP contribution in [0.1, 0.15) is 18.9 Å². The number of allylic oxidation sites excluding steroid dienone is 1. The molecule has 0 amide bonds. The summed E-state index contributed by atoms with van der Waals surface area (Å²) in [5.74, 6) is -0.0839. The fraction of sp³-hybridized carbons (Fsp3) is 0.273. The summed E-state index contributed by atoms with van der Waals surface area (Å²) in [5.41, 5.74) is -0.869. The van der Waals surface area contributed by atoms with E-state index in [0.717, 1.165) is 18.2 Å². The van der Waals surface area contributed by atoms with Gasteiger partial charge in [0.25, 0.3) is 0 Å². The first-order valence-electron chi connectivity index (χ1n) is 4.97. The van der Waals surface area contributed by atoms with Gasteiger partial charge in [0.15, 0.2) is 0 Å². The fourth-order valence-corrected chi connectivity index (χ4v) is 1.62. The van der Waals surface area contributed by atoms with Crippen LogP contribution in [0.5, 0.6) is 0 Å². The molecule has 0 aliphatic carbocycles. The average molecular weight is 277 g/mol. The average Bonchev–Trinajstić information content (AvgIpc) is 2.28. The molecule has 0 aliphatic rings. The molecule has 98 valence electrons. The minimum atomic E-state index is -4.44. The van der Waals surface area contributed by atoms with E-state index in [0.29, 0.717) is 24.4 Å². The minimum absolute atomic E-state index is 0.0839. The number of thioether (sulfide) groups is 1. The van der Waals surface area contributed by atoms with Crippen LogP contribution in [0.2, 0.25) is 0 Å².